The third kappa shape index (κ3) is 5.13. The van der Waals surface area contributed by atoms with Crippen LogP contribution in [0.3, 0.4) is 0 Å². The Kier molecular flexibility index (Phi) is 6.91. The molecule has 0 radical (unpaired) electrons. The molecular formula is C19H28O5. The number of rotatable bonds is 7. The van der Waals surface area contributed by atoms with Crippen molar-refractivity contribution in [3.8, 4) is 5.75 Å². The van der Waals surface area contributed by atoms with Crippen molar-refractivity contribution in [2.45, 2.75) is 64.1 Å². The van der Waals surface area contributed by atoms with Crippen molar-refractivity contribution in [2.75, 3.05) is 13.2 Å². The van der Waals surface area contributed by atoms with Crippen molar-refractivity contribution in [3.05, 3.63) is 29.8 Å². The molecule has 0 spiro atoms. The van der Waals surface area contributed by atoms with Gasteiger partial charge in [0, 0.05) is 0 Å². The molecule has 24 heavy (non-hydrogen) atoms. The maximum Gasteiger partial charge on any atom is 0.508 e. The smallest absolute Gasteiger partial charge is 0.494 e. The fourth-order valence-electron chi connectivity index (χ4n) is 2.96. The molecule has 0 aliphatic heterocycles. The quantitative estimate of drug-likeness (QED) is 0.598. The Labute approximate surface area is 143 Å². The van der Waals surface area contributed by atoms with E-state index < -0.39 is 11.8 Å². The maximum absolute atomic E-state index is 11.4. The Bertz CT molecular complexity index is 503. The predicted molar refractivity (Wildman–Crippen MR) is 91.1 cm³/mol. The van der Waals surface area contributed by atoms with Crippen molar-refractivity contribution in [3.63, 3.8) is 0 Å². The van der Waals surface area contributed by atoms with Crippen molar-refractivity contribution in [1.82, 2.24) is 0 Å². The van der Waals surface area contributed by atoms with Crippen LogP contribution >= 0.6 is 0 Å². The van der Waals surface area contributed by atoms with Crippen molar-refractivity contribution < 1.29 is 24.1 Å². The lowest BCUT2D eigenvalue weighted by atomic mass is 9.78. The van der Waals surface area contributed by atoms with Crippen LogP contribution < -0.4 is 4.74 Å². The second kappa shape index (κ2) is 8.92. The first-order chi connectivity index (χ1) is 11.6. The zero-order valence-electron chi connectivity index (χ0n) is 14.6. The van der Waals surface area contributed by atoms with E-state index in [1.54, 1.807) is 6.92 Å². The topological polar surface area (TPSA) is 65.0 Å². The maximum atomic E-state index is 11.4. The van der Waals surface area contributed by atoms with Gasteiger partial charge in [0.25, 0.3) is 0 Å². The van der Waals surface area contributed by atoms with Crippen LogP contribution in [0.5, 0.6) is 5.75 Å². The molecule has 1 N–H and O–H groups in total. The lowest BCUT2D eigenvalue weighted by Gasteiger charge is -2.36. The number of ether oxygens (including phenoxy) is 3. The molecule has 1 aromatic rings. The second-order valence-electron chi connectivity index (χ2n) is 6.26. The average Bonchev–Trinajstić information content (AvgIpc) is 2.58. The number of hydrogen-bond donors (Lipinski definition) is 1. The fraction of sp³-hybridized carbons (Fsp3) is 0.632. The van der Waals surface area contributed by atoms with Gasteiger partial charge in [-0.15, -0.1) is 0 Å². The molecular weight excluding hydrogens is 308 g/mol. The third-order valence-corrected chi connectivity index (χ3v) is 4.44. The highest BCUT2D eigenvalue weighted by molar-refractivity contribution is 5.60. The zero-order valence-corrected chi connectivity index (χ0v) is 14.6. The molecule has 0 aromatic heterocycles. The molecule has 1 saturated carbocycles. The number of unbranched alkanes of at least 4 members (excludes halogenated alkanes) is 1. The summed E-state index contributed by atoms with van der Waals surface area (Å²) in [6.45, 7) is 4.90. The van der Waals surface area contributed by atoms with Gasteiger partial charge in [-0.1, -0.05) is 25.5 Å². The number of benzene rings is 1. The highest BCUT2D eigenvalue weighted by Gasteiger charge is 2.36. The standard InChI is InChI=1S/C19H28O5/c1-3-5-14-23-16-8-6-15(7-9-16)19(21)12-10-17(11-13-19)24-18(20)22-4-2/h6-9,17,21H,3-5,10-14H2,1-2H3. The van der Waals surface area contributed by atoms with E-state index in [0.717, 1.165) is 24.2 Å². The summed E-state index contributed by atoms with van der Waals surface area (Å²) >= 11 is 0. The van der Waals surface area contributed by atoms with Crippen LogP contribution in [0.1, 0.15) is 57.9 Å². The first kappa shape index (κ1) is 18.6. The van der Waals surface area contributed by atoms with E-state index in [0.29, 0.717) is 38.9 Å². The lowest BCUT2D eigenvalue weighted by molar-refractivity contribution is -0.0531. The van der Waals surface area contributed by atoms with E-state index in [1.165, 1.54) is 0 Å². The number of carbonyl (C=O) groups is 1. The molecule has 134 valence electrons. The Morgan fingerprint density at radius 2 is 1.88 bits per heavy atom. The normalized spacial score (nSPS) is 23.5. The Balaban J connectivity index is 1.87. The van der Waals surface area contributed by atoms with Gasteiger partial charge in [0.1, 0.15) is 11.9 Å². The van der Waals surface area contributed by atoms with Crippen LogP contribution in [0.15, 0.2) is 24.3 Å². The van der Waals surface area contributed by atoms with Gasteiger partial charge in [0.2, 0.25) is 0 Å². The minimum atomic E-state index is -0.865. The van der Waals surface area contributed by atoms with E-state index >= 15 is 0 Å². The summed E-state index contributed by atoms with van der Waals surface area (Å²) in [6, 6.07) is 7.66. The molecule has 0 unspecified atom stereocenters. The Hall–Kier alpha value is -1.75. The van der Waals surface area contributed by atoms with Gasteiger partial charge < -0.3 is 19.3 Å². The minimum absolute atomic E-state index is 0.180. The highest BCUT2D eigenvalue weighted by atomic mass is 16.7. The van der Waals surface area contributed by atoms with Crippen LogP contribution in [0.4, 0.5) is 4.79 Å². The molecule has 1 fully saturated rings. The summed E-state index contributed by atoms with van der Waals surface area (Å²) < 4.78 is 15.7. The van der Waals surface area contributed by atoms with Crippen molar-refractivity contribution in [2.24, 2.45) is 0 Å². The van der Waals surface area contributed by atoms with Crippen molar-refractivity contribution in [1.29, 1.82) is 0 Å². The number of hydrogen-bond acceptors (Lipinski definition) is 5. The summed E-state index contributed by atoms with van der Waals surface area (Å²) in [6.07, 6.45) is 3.72. The predicted octanol–water partition coefficient (Wildman–Crippen LogP) is 4.17. The van der Waals surface area contributed by atoms with Crippen LogP contribution in [-0.2, 0) is 15.1 Å². The van der Waals surface area contributed by atoms with E-state index in [4.69, 9.17) is 14.2 Å². The molecule has 5 nitrogen and oxygen atoms in total. The monoisotopic (exact) mass is 336 g/mol. The van der Waals surface area contributed by atoms with Crippen molar-refractivity contribution >= 4 is 6.16 Å². The first-order valence-electron chi connectivity index (χ1n) is 8.86. The van der Waals surface area contributed by atoms with Gasteiger partial charge in [-0.3, -0.25) is 0 Å². The van der Waals surface area contributed by atoms with Crippen LogP contribution in [0.2, 0.25) is 0 Å². The van der Waals surface area contributed by atoms with Crippen LogP contribution in [0, 0.1) is 0 Å². The summed E-state index contributed by atoms with van der Waals surface area (Å²) in [5.74, 6) is 0.829. The molecule has 0 atom stereocenters. The zero-order chi connectivity index (χ0) is 17.4. The number of carbonyl (C=O) groups excluding carboxylic acids is 1. The molecule has 0 amide bonds. The van der Waals surface area contributed by atoms with Crippen LogP contribution in [0.25, 0.3) is 0 Å². The molecule has 1 aromatic carbocycles. The molecule has 1 aliphatic carbocycles. The molecule has 1 aliphatic rings. The molecule has 0 saturated heterocycles. The summed E-state index contributed by atoms with van der Waals surface area (Å²) in [4.78, 5) is 11.4. The Morgan fingerprint density at radius 3 is 2.46 bits per heavy atom. The molecule has 2 rings (SSSR count). The summed E-state index contributed by atoms with van der Waals surface area (Å²) in [5.41, 5.74) is 0.0242. The molecule has 0 heterocycles. The second-order valence-corrected chi connectivity index (χ2v) is 6.26. The highest BCUT2D eigenvalue weighted by Crippen LogP contribution is 2.38. The SMILES string of the molecule is CCCCOc1ccc(C2(O)CCC(OC(=O)OCC)CC2)cc1. The molecule has 0 bridgehead atoms. The fourth-order valence-corrected chi connectivity index (χ4v) is 2.96. The van der Waals surface area contributed by atoms with Gasteiger partial charge in [-0.05, 0) is 56.7 Å². The van der Waals surface area contributed by atoms with E-state index in [9.17, 15) is 9.90 Å². The number of aliphatic hydroxyl groups is 1. The van der Waals surface area contributed by atoms with Gasteiger partial charge in [-0.25, -0.2) is 4.79 Å². The largest absolute Gasteiger partial charge is 0.508 e. The minimum Gasteiger partial charge on any atom is -0.494 e. The van der Waals surface area contributed by atoms with Gasteiger partial charge in [0.15, 0.2) is 0 Å². The van der Waals surface area contributed by atoms with Crippen LogP contribution in [-0.4, -0.2) is 30.6 Å². The van der Waals surface area contributed by atoms with Gasteiger partial charge in [0.05, 0.1) is 18.8 Å². The summed E-state index contributed by atoms with van der Waals surface area (Å²) in [5, 5.41) is 10.9. The third-order valence-electron chi connectivity index (χ3n) is 4.44. The first-order valence-corrected chi connectivity index (χ1v) is 8.86. The Morgan fingerprint density at radius 1 is 1.21 bits per heavy atom. The lowest BCUT2D eigenvalue weighted by Crippen LogP contribution is -2.35. The van der Waals surface area contributed by atoms with E-state index in [-0.39, 0.29) is 6.10 Å². The van der Waals surface area contributed by atoms with E-state index in [2.05, 4.69) is 6.92 Å². The van der Waals surface area contributed by atoms with Gasteiger partial charge in [-0.2, -0.15) is 0 Å². The van der Waals surface area contributed by atoms with Gasteiger partial charge >= 0.3 is 6.16 Å². The average molecular weight is 336 g/mol. The van der Waals surface area contributed by atoms with E-state index in [1.807, 2.05) is 24.3 Å². The summed E-state index contributed by atoms with van der Waals surface area (Å²) in [7, 11) is 0. The molecule has 5 heteroatoms.